The minimum atomic E-state index is -4.89. The fraction of sp³-hybridized carbons (Fsp3) is 0.250. The zero-order valence-electron chi connectivity index (χ0n) is 8.51. The molecule has 0 atom stereocenters. The van der Waals surface area contributed by atoms with Crippen LogP contribution in [0.15, 0.2) is 18.3 Å². The monoisotopic (exact) mass is 241 g/mol. The molecule has 0 aliphatic heterocycles. The van der Waals surface area contributed by atoms with Crippen LogP contribution in [0.5, 0.6) is 0 Å². The molecule has 0 saturated carbocycles. The predicted octanol–water partition coefficient (Wildman–Crippen LogP) is -0.783. The van der Waals surface area contributed by atoms with Crippen molar-refractivity contribution in [2.75, 3.05) is 0 Å². The molecule has 2 nitrogen and oxygen atoms in total. The van der Waals surface area contributed by atoms with Crippen molar-refractivity contribution in [1.82, 2.24) is 4.98 Å². The number of pyridine rings is 1. The normalized spacial score (nSPS) is 10.7. The molecular weight excluding hydrogens is 233 g/mol. The molecule has 0 spiro atoms. The van der Waals surface area contributed by atoms with Crippen LogP contribution in [0.4, 0.5) is 12.9 Å². The van der Waals surface area contributed by atoms with Crippen LogP contribution in [0.2, 0.25) is 0 Å². The summed E-state index contributed by atoms with van der Waals surface area (Å²) >= 11 is 0. The van der Waals surface area contributed by atoms with Gasteiger partial charge in [0.25, 0.3) is 0 Å². The molecule has 1 aromatic rings. The maximum atomic E-state index is 12.0. The Morgan fingerprint density at radius 3 is 2.53 bits per heavy atom. The van der Waals surface area contributed by atoms with E-state index in [-0.39, 0.29) is 68.4 Å². The Labute approximate surface area is 128 Å². The van der Waals surface area contributed by atoms with Crippen LogP contribution >= 0.6 is 0 Å². The standard InChI is InChI=1S/C8H8BF3NO.K/c1-6(14)7-2-3-13-8(4-7)5-9(10,11)12;/h2-4H,5H2,1H3;/q-1;+1. The van der Waals surface area contributed by atoms with Gasteiger partial charge < -0.3 is 12.9 Å². The summed E-state index contributed by atoms with van der Waals surface area (Å²) < 4.78 is 36.0. The third-order valence-electron chi connectivity index (χ3n) is 1.66. The average molecular weight is 241 g/mol. The van der Waals surface area contributed by atoms with E-state index in [0.717, 1.165) is 0 Å². The molecule has 1 heterocycles. The summed E-state index contributed by atoms with van der Waals surface area (Å²) in [6, 6.07) is 2.58. The number of carbonyl (C=O) groups is 1. The van der Waals surface area contributed by atoms with E-state index in [1.54, 1.807) is 0 Å². The number of rotatable bonds is 3. The van der Waals surface area contributed by atoms with Gasteiger partial charge in [0.05, 0.1) is 0 Å². The van der Waals surface area contributed by atoms with Crippen LogP contribution in [0.25, 0.3) is 0 Å². The topological polar surface area (TPSA) is 30.0 Å². The van der Waals surface area contributed by atoms with E-state index in [9.17, 15) is 17.7 Å². The first-order valence-corrected chi connectivity index (χ1v) is 4.05. The van der Waals surface area contributed by atoms with Crippen molar-refractivity contribution < 1.29 is 69.1 Å². The number of nitrogens with zero attached hydrogens (tertiary/aromatic N) is 1. The molecule has 1 aromatic heterocycles. The number of carbonyl (C=O) groups excluding carboxylic acids is 1. The molecule has 0 N–H and O–H groups in total. The number of ketones is 1. The Hall–Kier alpha value is 0.311. The molecule has 1 rings (SSSR count). The summed E-state index contributed by atoms with van der Waals surface area (Å²) in [4.78, 5) is 14.4. The van der Waals surface area contributed by atoms with Crippen molar-refractivity contribution in [1.29, 1.82) is 0 Å². The first kappa shape index (κ1) is 15.3. The largest absolute Gasteiger partial charge is 1.00 e. The maximum Gasteiger partial charge on any atom is 1.00 e. The predicted molar refractivity (Wildman–Crippen MR) is 47.0 cm³/mol. The van der Waals surface area contributed by atoms with Crippen LogP contribution < -0.4 is 51.4 Å². The molecule has 76 valence electrons. The molecule has 0 radical (unpaired) electrons. The van der Waals surface area contributed by atoms with E-state index in [1.165, 1.54) is 25.3 Å². The second-order valence-corrected chi connectivity index (χ2v) is 3.01. The molecule has 0 aliphatic carbocycles. The van der Waals surface area contributed by atoms with Crippen molar-refractivity contribution in [3.8, 4) is 0 Å². The van der Waals surface area contributed by atoms with Gasteiger partial charge in [-0.25, -0.2) is 0 Å². The van der Waals surface area contributed by atoms with Crippen molar-refractivity contribution in [2.45, 2.75) is 13.2 Å². The van der Waals surface area contributed by atoms with E-state index in [0.29, 0.717) is 0 Å². The Morgan fingerprint density at radius 1 is 1.47 bits per heavy atom. The minimum absolute atomic E-state index is 0. The van der Waals surface area contributed by atoms with Crippen molar-refractivity contribution in [2.24, 2.45) is 0 Å². The van der Waals surface area contributed by atoms with Crippen molar-refractivity contribution in [3.05, 3.63) is 29.6 Å². The van der Waals surface area contributed by atoms with Gasteiger partial charge in [-0.05, 0) is 25.4 Å². The van der Waals surface area contributed by atoms with Gasteiger partial charge in [-0.3, -0.25) is 9.78 Å². The number of halogens is 3. The Bertz CT molecular complexity index is 356. The summed E-state index contributed by atoms with van der Waals surface area (Å²) in [5.41, 5.74) is 0.153. The van der Waals surface area contributed by atoms with Gasteiger partial charge in [0, 0.05) is 17.5 Å². The fourth-order valence-corrected chi connectivity index (χ4v) is 1.05. The van der Waals surface area contributed by atoms with Crippen LogP contribution in [0.1, 0.15) is 23.0 Å². The molecule has 0 amide bonds. The summed E-state index contributed by atoms with van der Waals surface area (Å²) in [5, 5.41) is 0. The molecule has 7 heteroatoms. The first-order valence-electron chi connectivity index (χ1n) is 4.05. The van der Waals surface area contributed by atoms with Crippen molar-refractivity contribution >= 4 is 12.8 Å². The summed E-state index contributed by atoms with van der Waals surface area (Å²) in [6.45, 7) is -3.59. The van der Waals surface area contributed by atoms with E-state index in [4.69, 9.17) is 0 Å². The molecular formula is C8H8BF3KNO. The minimum Gasteiger partial charge on any atom is -0.449 e. The average Bonchev–Trinajstić information content (AvgIpc) is 2.01. The summed E-state index contributed by atoms with van der Waals surface area (Å²) in [7, 11) is 0. The van der Waals surface area contributed by atoms with E-state index in [1.807, 2.05) is 0 Å². The molecule has 0 aromatic carbocycles. The van der Waals surface area contributed by atoms with Crippen LogP contribution in [-0.2, 0) is 6.32 Å². The molecule has 0 saturated heterocycles. The Balaban J connectivity index is 0.00000196. The third kappa shape index (κ3) is 5.82. The summed E-state index contributed by atoms with van der Waals surface area (Å²) in [5.74, 6) is -0.261. The van der Waals surface area contributed by atoms with E-state index in [2.05, 4.69) is 4.98 Å². The van der Waals surface area contributed by atoms with Gasteiger partial charge in [0.1, 0.15) is 0 Å². The van der Waals surface area contributed by atoms with Crippen LogP contribution in [0, 0.1) is 0 Å². The number of hydrogen-bond donors (Lipinski definition) is 0. The second-order valence-electron chi connectivity index (χ2n) is 3.01. The quantitative estimate of drug-likeness (QED) is 0.513. The molecule has 0 fully saturated rings. The zero-order chi connectivity index (χ0) is 10.8. The SMILES string of the molecule is CC(=O)c1ccnc(C[B-](F)(F)F)c1.[K+]. The van der Waals surface area contributed by atoms with Gasteiger partial charge in [-0.15, -0.1) is 0 Å². The van der Waals surface area contributed by atoms with Gasteiger partial charge in [0.15, 0.2) is 5.78 Å². The molecule has 0 aliphatic rings. The maximum absolute atomic E-state index is 12.0. The molecule has 0 unspecified atom stereocenters. The first-order chi connectivity index (χ1) is 6.38. The van der Waals surface area contributed by atoms with Crippen LogP contribution in [0.3, 0.4) is 0 Å². The van der Waals surface area contributed by atoms with Gasteiger partial charge in [0.2, 0.25) is 0 Å². The molecule has 15 heavy (non-hydrogen) atoms. The van der Waals surface area contributed by atoms with Gasteiger partial charge in [-0.1, -0.05) is 0 Å². The Kier molecular flexibility index (Phi) is 6.27. The number of hydrogen-bond acceptors (Lipinski definition) is 2. The fourth-order valence-electron chi connectivity index (χ4n) is 1.05. The van der Waals surface area contributed by atoms with E-state index < -0.39 is 13.3 Å². The van der Waals surface area contributed by atoms with Crippen LogP contribution in [-0.4, -0.2) is 17.7 Å². The smallest absolute Gasteiger partial charge is 0.449 e. The van der Waals surface area contributed by atoms with Gasteiger partial charge in [-0.2, -0.15) is 0 Å². The number of aromatic nitrogens is 1. The third-order valence-corrected chi connectivity index (χ3v) is 1.66. The van der Waals surface area contributed by atoms with Crippen molar-refractivity contribution in [3.63, 3.8) is 0 Å². The van der Waals surface area contributed by atoms with Gasteiger partial charge >= 0.3 is 58.4 Å². The second kappa shape index (κ2) is 6.15. The zero-order valence-corrected chi connectivity index (χ0v) is 11.6. The summed E-state index contributed by atoms with van der Waals surface area (Å²) in [6.07, 6.45) is 0.176. The molecule has 0 bridgehead atoms. The number of Topliss-reactive ketones (excluding diaryl/α,β-unsaturated/α-hetero) is 1. The Morgan fingerprint density at radius 2 is 2.07 bits per heavy atom. The van der Waals surface area contributed by atoms with E-state index >= 15 is 0 Å².